The number of rotatable bonds is 7. The van der Waals surface area contributed by atoms with Crippen LogP contribution in [0, 0.1) is 5.92 Å². The number of hydrogen-bond acceptors (Lipinski definition) is 3. The molecule has 7 heteroatoms. The summed E-state index contributed by atoms with van der Waals surface area (Å²) < 4.78 is 1.78. The lowest BCUT2D eigenvalue weighted by Gasteiger charge is -2.09. The molecule has 4 rings (SSSR count). The molecular formula is C22H23N5O2. The fourth-order valence-electron chi connectivity index (χ4n) is 2.91. The van der Waals surface area contributed by atoms with E-state index in [1.165, 1.54) is 0 Å². The Hall–Kier alpha value is -3.61. The molecule has 1 aromatic heterocycles. The van der Waals surface area contributed by atoms with Gasteiger partial charge in [0.25, 0.3) is 0 Å². The molecule has 0 spiro atoms. The molecule has 1 heterocycles. The Morgan fingerprint density at radius 3 is 2.10 bits per heavy atom. The highest BCUT2D eigenvalue weighted by molar-refractivity contribution is 5.94. The number of nitrogens with one attached hydrogen (secondary N) is 3. The zero-order chi connectivity index (χ0) is 20.1. The number of amides is 3. The van der Waals surface area contributed by atoms with E-state index in [0.717, 1.165) is 35.3 Å². The van der Waals surface area contributed by atoms with E-state index in [1.54, 1.807) is 10.9 Å². The summed E-state index contributed by atoms with van der Waals surface area (Å²) in [5.41, 5.74) is 3.73. The lowest BCUT2D eigenvalue weighted by molar-refractivity contribution is -0.117. The normalized spacial score (nSPS) is 13.0. The van der Waals surface area contributed by atoms with E-state index in [9.17, 15) is 9.59 Å². The van der Waals surface area contributed by atoms with Gasteiger partial charge in [0.1, 0.15) is 0 Å². The Morgan fingerprint density at radius 2 is 1.55 bits per heavy atom. The minimum atomic E-state index is -0.229. The third-order valence-electron chi connectivity index (χ3n) is 4.78. The second-order valence-electron chi connectivity index (χ2n) is 7.11. The first-order chi connectivity index (χ1) is 14.2. The Kier molecular flexibility index (Phi) is 5.56. The molecular weight excluding hydrogens is 366 g/mol. The summed E-state index contributed by atoms with van der Waals surface area (Å²) in [4.78, 5) is 23.8. The van der Waals surface area contributed by atoms with Crippen molar-refractivity contribution in [1.82, 2.24) is 20.4 Å². The van der Waals surface area contributed by atoms with Crippen molar-refractivity contribution < 1.29 is 9.59 Å². The van der Waals surface area contributed by atoms with Gasteiger partial charge in [0.15, 0.2) is 0 Å². The Morgan fingerprint density at radius 1 is 0.931 bits per heavy atom. The fraction of sp³-hybridized carbons (Fsp3) is 0.227. The quantitative estimate of drug-likeness (QED) is 0.580. The van der Waals surface area contributed by atoms with Crippen molar-refractivity contribution in [1.29, 1.82) is 0 Å². The molecule has 29 heavy (non-hydrogen) atoms. The number of benzene rings is 2. The maximum atomic E-state index is 12.0. The van der Waals surface area contributed by atoms with Gasteiger partial charge < -0.3 is 16.0 Å². The average molecular weight is 389 g/mol. The van der Waals surface area contributed by atoms with Gasteiger partial charge in [0, 0.05) is 37.1 Å². The van der Waals surface area contributed by atoms with Gasteiger partial charge in [0.05, 0.1) is 5.69 Å². The minimum absolute atomic E-state index is 0.0907. The van der Waals surface area contributed by atoms with Crippen molar-refractivity contribution in [3.63, 3.8) is 0 Å². The van der Waals surface area contributed by atoms with Crippen molar-refractivity contribution in [3.8, 4) is 5.69 Å². The molecule has 0 aliphatic heterocycles. The van der Waals surface area contributed by atoms with Crippen LogP contribution in [0.15, 0.2) is 67.0 Å². The minimum Gasteiger partial charge on any atom is -0.334 e. The molecule has 0 radical (unpaired) electrons. The first-order valence-electron chi connectivity index (χ1n) is 9.68. The van der Waals surface area contributed by atoms with Crippen molar-refractivity contribution in [2.24, 2.45) is 5.92 Å². The number of hydrogen-bond donors (Lipinski definition) is 3. The van der Waals surface area contributed by atoms with Crippen LogP contribution in [0.25, 0.3) is 5.69 Å². The lowest BCUT2D eigenvalue weighted by Crippen LogP contribution is -2.34. The molecule has 148 valence electrons. The predicted molar refractivity (Wildman–Crippen MR) is 110 cm³/mol. The van der Waals surface area contributed by atoms with Crippen molar-refractivity contribution in [2.45, 2.75) is 25.9 Å². The lowest BCUT2D eigenvalue weighted by atomic mass is 10.2. The van der Waals surface area contributed by atoms with Crippen LogP contribution in [0.1, 0.15) is 24.0 Å². The highest BCUT2D eigenvalue weighted by Gasteiger charge is 2.29. The summed E-state index contributed by atoms with van der Waals surface area (Å²) >= 11 is 0. The standard InChI is InChI=1S/C22H23N5O2/c28-21(18-6-7-18)26-19-8-2-16(3-9-19)14-23-22(29)24-15-17-4-10-20(11-5-17)27-13-1-12-25-27/h1-5,8-13,18H,6-7,14-15H2,(H,26,28)(H2,23,24,29). The zero-order valence-corrected chi connectivity index (χ0v) is 16.0. The number of aromatic nitrogens is 2. The smallest absolute Gasteiger partial charge is 0.315 e. The van der Waals surface area contributed by atoms with Crippen LogP contribution in [0.5, 0.6) is 0 Å². The average Bonchev–Trinajstić information content (AvgIpc) is 3.47. The van der Waals surface area contributed by atoms with Gasteiger partial charge in [-0.1, -0.05) is 24.3 Å². The van der Waals surface area contributed by atoms with Gasteiger partial charge >= 0.3 is 6.03 Å². The van der Waals surface area contributed by atoms with E-state index < -0.39 is 0 Å². The van der Waals surface area contributed by atoms with Crippen LogP contribution in [-0.4, -0.2) is 21.7 Å². The molecule has 0 bridgehead atoms. The summed E-state index contributed by atoms with van der Waals surface area (Å²) in [6, 6.07) is 17.0. The molecule has 3 aromatic rings. The first-order valence-corrected chi connectivity index (χ1v) is 9.68. The fourth-order valence-corrected chi connectivity index (χ4v) is 2.91. The molecule has 1 aliphatic carbocycles. The first kappa shape index (κ1) is 18.7. The van der Waals surface area contributed by atoms with Gasteiger partial charge in [0.2, 0.25) is 5.91 Å². The van der Waals surface area contributed by atoms with Crippen LogP contribution in [0.3, 0.4) is 0 Å². The van der Waals surface area contributed by atoms with Gasteiger partial charge in [-0.15, -0.1) is 0 Å². The SMILES string of the molecule is O=C(NCc1ccc(NC(=O)C2CC2)cc1)NCc1ccc(-n2cccn2)cc1. The predicted octanol–water partition coefficient (Wildman–Crippen LogP) is 3.22. The van der Waals surface area contributed by atoms with E-state index in [-0.39, 0.29) is 17.9 Å². The molecule has 3 N–H and O–H groups in total. The molecule has 0 unspecified atom stereocenters. The Balaban J connectivity index is 1.20. The molecule has 1 saturated carbocycles. The molecule has 7 nitrogen and oxygen atoms in total. The summed E-state index contributed by atoms with van der Waals surface area (Å²) in [6.07, 6.45) is 5.58. The Labute approximate surface area is 169 Å². The van der Waals surface area contributed by atoms with Crippen LogP contribution >= 0.6 is 0 Å². The van der Waals surface area contributed by atoms with E-state index in [1.807, 2.05) is 60.8 Å². The zero-order valence-electron chi connectivity index (χ0n) is 16.0. The van der Waals surface area contributed by atoms with E-state index in [4.69, 9.17) is 0 Å². The number of urea groups is 1. The largest absolute Gasteiger partial charge is 0.334 e. The summed E-state index contributed by atoms with van der Waals surface area (Å²) in [7, 11) is 0. The third-order valence-corrected chi connectivity index (χ3v) is 4.78. The summed E-state index contributed by atoms with van der Waals surface area (Å²) in [5.74, 6) is 0.273. The number of carbonyl (C=O) groups excluding carboxylic acids is 2. The van der Waals surface area contributed by atoms with Gasteiger partial charge in [-0.25, -0.2) is 9.48 Å². The molecule has 2 aromatic carbocycles. The maximum absolute atomic E-state index is 12.0. The second-order valence-corrected chi connectivity index (χ2v) is 7.11. The maximum Gasteiger partial charge on any atom is 0.315 e. The Bertz CT molecular complexity index is 961. The third kappa shape index (κ3) is 5.22. The molecule has 3 amide bonds. The van der Waals surface area contributed by atoms with Crippen molar-refractivity contribution in [2.75, 3.05) is 5.32 Å². The molecule has 0 saturated heterocycles. The number of anilines is 1. The summed E-state index contributed by atoms with van der Waals surface area (Å²) in [6.45, 7) is 0.859. The monoisotopic (exact) mass is 389 g/mol. The highest BCUT2D eigenvalue weighted by atomic mass is 16.2. The molecule has 1 fully saturated rings. The molecule has 1 aliphatic rings. The molecule has 0 atom stereocenters. The second kappa shape index (κ2) is 8.60. The van der Waals surface area contributed by atoms with Crippen LogP contribution in [0.4, 0.5) is 10.5 Å². The van der Waals surface area contributed by atoms with E-state index in [2.05, 4.69) is 21.0 Å². The van der Waals surface area contributed by atoms with Gasteiger partial charge in [-0.2, -0.15) is 5.10 Å². The van der Waals surface area contributed by atoms with E-state index in [0.29, 0.717) is 13.1 Å². The van der Waals surface area contributed by atoms with Gasteiger partial charge in [-0.05, 0) is 54.3 Å². The van der Waals surface area contributed by atoms with Crippen molar-refractivity contribution >= 4 is 17.6 Å². The number of carbonyl (C=O) groups is 2. The van der Waals surface area contributed by atoms with E-state index >= 15 is 0 Å². The summed E-state index contributed by atoms with van der Waals surface area (Å²) in [5, 5.41) is 12.8. The van der Waals surface area contributed by atoms with Crippen LogP contribution < -0.4 is 16.0 Å². The van der Waals surface area contributed by atoms with Crippen molar-refractivity contribution in [3.05, 3.63) is 78.1 Å². The highest BCUT2D eigenvalue weighted by Crippen LogP contribution is 2.30. The van der Waals surface area contributed by atoms with Crippen LogP contribution in [0.2, 0.25) is 0 Å². The van der Waals surface area contributed by atoms with Crippen LogP contribution in [-0.2, 0) is 17.9 Å². The van der Waals surface area contributed by atoms with Gasteiger partial charge in [-0.3, -0.25) is 4.79 Å². The topological polar surface area (TPSA) is 88.0 Å². The number of nitrogens with zero attached hydrogens (tertiary/aromatic N) is 2.